The van der Waals surface area contributed by atoms with Crippen LogP contribution in [0, 0.1) is 0 Å². The highest BCUT2D eigenvalue weighted by molar-refractivity contribution is 5.79. The molecule has 3 aliphatic rings. The first kappa shape index (κ1) is 21.1. The van der Waals surface area contributed by atoms with E-state index in [1.54, 1.807) is 12.0 Å². The van der Waals surface area contributed by atoms with Crippen LogP contribution < -0.4 is 5.73 Å². The number of carbonyl (C=O) groups is 2. The number of ether oxygens (including phenoxy) is 1. The molecule has 0 aromatic carbocycles. The molecule has 9 nitrogen and oxygen atoms in total. The first-order valence-electron chi connectivity index (χ1n) is 10.3. The van der Waals surface area contributed by atoms with Crippen LogP contribution in [0.1, 0.15) is 62.2 Å². The van der Waals surface area contributed by atoms with Gasteiger partial charge in [-0.2, -0.15) is 4.98 Å². The molecular formula is C19H27F2N5O4. The summed E-state index contributed by atoms with van der Waals surface area (Å²) in [7, 11) is 1.58. The molecule has 11 heteroatoms. The average molecular weight is 427 g/mol. The molecule has 2 amide bonds. The summed E-state index contributed by atoms with van der Waals surface area (Å²) in [5.74, 6) is -2.15. The van der Waals surface area contributed by atoms with E-state index in [2.05, 4.69) is 10.1 Å². The van der Waals surface area contributed by atoms with Crippen molar-refractivity contribution in [2.45, 2.75) is 68.6 Å². The van der Waals surface area contributed by atoms with Crippen molar-refractivity contribution >= 4 is 11.8 Å². The number of aromatic nitrogens is 2. The van der Waals surface area contributed by atoms with Crippen molar-refractivity contribution in [2.75, 3.05) is 26.7 Å². The normalized spacial score (nSPS) is 27.5. The Bertz CT molecular complexity index is 800. The van der Waals surface area contributed by atoms with Gasteiger partial charge in [0.1, 0.15) is 6.04 Å². The number of hydrogen-bond donors (Lipinski definition) is 1. The van der Waals surface area contributed by atoms with Crippen molar-refractivity contribution < 1.29 is 27.6 Å². The van der Waals surface area contributed by atoms with Gasteiger partial charge in [-0.05, 0) is 12.8 Å². The van der Waals surface area contributed by atoms with Gasteiger partial charge >= 0.3 is 0 Å². The van der Waals surface area contributed by atoms with Crippen molar-refractivity contribution in [3.05, 3.63) is 11.7 Å². The standard InChI is InChI=1S/C19H27F2N5O4/c1-29-13-7-14(18-23-17(24-30-18)11-2-3-11)26(9-13)16(28)6-12(22)8-25-10-19(20,21)5-4-15(25)27/h11-14H,2-10,22H2,1H3/t12-,13-,14+/m1/s1. The van der Waals surface area contributed by atoms with Crippen LogP contribution in [0.4, 0.5) is 8.78 Å². The number of alkyl halides is 2. The molecule has 1 saturated carbocycles. The Kier molecular flexibility index (Phi) is 5.75. The number of amides is 2. The maximum Gasteiger partial charge on any atom is 0.265 e. The van der Waals surface area contributed by atoms with Crippen molar-refractivity contribution in [1.29, 1.82) is 0 Å². The van der Waals surface area contributed by atoms with E-state index in [4.69, 9.17) is 15.0 Å². The van der Waals surface area contributed by atoms with Crippen LogP contribution in [0.2, 0.25) is 0 Å². The Morgan fingerprint density at radius 2 is 2.20 bits per heavy atom. The van der Waals surface area contributed by atoms with E-state index in [-0.39, 0.29) is 37.3 Å². The third-order valence-corrected chi connectivity index (χ3v) is 5.97. The van der Waals surface area contributed by atoms with Crippen LogP contribution in [0.3, 0.4) is 0 Å². The topological polar surface area (TPSA) is 115 Å². The van der Waals surface area contributed by atoms with Gasteiger partial charge in [0.2, 0.25) is 17.7 Å². The maximum absolute atomic E-state index is 13.6. The van der Waals surface area contributed by atoms with Crippen LogP contribution in [0.15, 0.2) is 4.52 Å². The Hall–Kier alpha value is -2.14. The molecule has 4 rings (SSSR count). The SMILES string of the molecule is CO[C@@H]1C[C@@H](c2nc(C3CC3)no2)N(C(=O)C[C@@H](N)CN2CC(F)(F)CCC2=O)C1. The van der Waals surface area contributed by atoms with E-state index >= 15 is 0 Å². The van der Waals surface area contributed by atoms with Crippen LogP contribution in [-0.4, -0.2) is 76.6 Å². The molecule has 0 bridgehead atoms. The number of halogens is 2. The number of rotatable bonds is 7. The number of methoxy groups -OCH3 is 1. The van der Waals surface area contributed by atoms with E-state index in [0.717, 1.165) is 17.7 Å². The van der Waals surface area contributed by atoms with Crippen LogP contribution in [-0.2, 0) is 14.3 Å². The molecule has 1 aromatic rings. The van der Waals surface area contributed by atoms with E-state index in [0.29, 0.717) is 30.6 Å². The summed E-state index contributed by atoms with van der Waals surface area (Å²) in [6, 6.07) is -1.15. The molecule has 1 aromatic heterocycles. The molecule has 2 aliphatic heterocycles. The zero-order valence-electron chi connectivity index (χ0n) is 16.9. The minimum absolute atomic E-state index is 0.0775. The van der Waals surface area contributed by atoms with Crippen LogP contribution in [0.5, 0.6) is 0 Å². The summed E-state index contributed by atoms with van der Waals surface area (Å²) in [6.07, 6.45) is 1.70. The van der Waals surface area contributed by atoms with Crippen LogP contribution in [0.25, 0.3) is 0 Å². The number of likely N-dealkylation sites (tertiary alicyclic amines) is 2. The first-order valence-corrected chi connectivity index (χ1v) is 10.3. The Balaban J connectivity index is 1.39. The lowest BCUT2D eigenvalue weighted by molar-refractivity contribution is -0.148. The molecule has 0 unspecified atom stereocenters. The van der Waals surface area contributed by atoms with Gasteiger partial charge in [0, 0.05) is 57.8 Å². The van der Waals surface area contributed by atoms with Gasteiger partial charge in [-0.1, -0.05) is 5.16 Å². The molecule has 3 heterocycles. The predicted molar refractivity (Wildman–Crippen MR) is 99.5 cm³/mol. The second-order valence-electron chi connectivity index (χ2n) is 8.51. The molecule has 2 N–H and O–H groups in total. The fourth-order valence-corrected chi connectivity index (χ4v) is 4.12. The molecule has 166 valence electrons. The quantitative estimate of drug-likeness (QED) is 0.695. The van der Waals surface area contributed by atoms with E-state index in [1.807, 2.05) is 0 Å². The Labute approximate surface area is 172 Å². The van der Waals surface area contributed by atoms with Gasteiger partial charge in [-0.15, -0.1) is 0 Å². The fraction of sp³-hybridized carbons (Fsp3) is 0.789. The molecular weight excluding hydrogens is 400 g/mol. The minimum atomic E-state index is -2.92. The molecule has 0 spiro atoms. The largest absolute Gasteiger partial charge is 0.380 e. The van der Waals surface area contributed by atoms with Gasteiger partial charge in [0.25, 0.3) is 5.92 Å². The highest BCUT2D eigenvalue weighted by Crippen LogP contribution is 2.40. The third-order valence-electron chi connectivity index (χ3n) is 5.97. The second kappa shape index (κ2) is 8.18. The van der Waals surface area contributed by atoms with Gasteiger partial charge in [0.15, 0.2) is 5.82 Å². The number of piperidine rings is 1. The Morgan fingerprint density at radius 1 is 1.43 bits per heavy atom. The number of nitrogens with zero attached hydrogens (tertiary/aromatic N) is 4. The Morgan fingerprint density at radius 3 is 2.90 bits per heavy atom. The average Bonchev–Trinajstić information content (AvgIpc) is 3.26. The fourth-order valence-electron chi connectivity index (χ4n) is 4.12. The highest BCUT2D eigenvalue weighted by atomic mass is 19.3. The molecule has 1 aliphatic carbocycles. The van der Waals surface area contributed by atoms with Crippen molar-refractivity contribution in [3.63, 3.8) is 0 Å². The second-order valence-corrected chi connectivity index (χ2v) is 8.51. The number of nitrogens with two attached hydrogens (primary N) is 1. The molecule has 3 fully saturated rings. The van der Waals surface area contributed by atoms with Gasteiger partial charge in [0.05, 0.1) is 12.6 Å². The summed E-state index contributed by atoms with van der Waals surface area (Å²) in [6.45, 7) is -0.384. The first-order chi connectivity index (χ1) is 14.3. The molecule has 2 saturated heterocycles. The van der Waals surface area contributed by atoms with E-state index in [9.17, 15) is 18.4 Å². The summed E-state index contributed by atoms with van der Waals surface area (Å²) < 4.78 is 38.1. The van der Waals surface area contributed by atoms with Crippen molar-refractivity contribution in [1.82, 2.24) is 19.9 Å². The zero-order chi connectivity index (χ0) is 21.5. The van der Waals surface area contributed by atoms with Crippen molar-refractivity contribution in [3.8, 4) is 0 Å². The molecule has 30 heavy (non-hydrogen) atoms. The summed E-state index contributed by atoms with van der Waals surface area (Å²) in [5.41, 5.74) is 6.06. The monoisotopic (exact) mass is 427 g/mol. The maximum atomic E-state index is 13.6. The third kappa shape index (κ3) is 4.61. The summed E-state index contributed by atoms with van der Waals surface area (Å²) in [4.78, 5) is 32.0. The lowest BCUT2D eigenvalue weighted by atomic mass is 10.0. The molecule has 0 radical (unpaired) electrons. The minimum Gasteiger partial charge on any atom is -0.380 e. The van der Waals surface area contributed by atoms with Gasteiger partial charge in [-0.3, -0.25) is 9.59 Å². The van der Waals surface area contributed by atoms with Gasteiger partial charge in [-0.25, -0.2) is 8.78 Å². The lowest BCUT2D eigenvalue weighted by Crippen LogP contribution is -2.51. The van der Waals surface area contributed by atoms with E-state index in [1.165, 1.54) is 0 Å². The lowest BCUT2D eigenvalue weighted by Gasteiger charge is -2.34. The smallest absolute Gasteiger partial charge is 0.265 e. The highest BCUT2D eigenvalue weighted by Gasteiger charge is 2.42. The van der Waals surface area contributed by atoms with Crippen molar-refractivity contribution in [2.24, 2.45) is 5.73 Å². The van der Waals surface area contributed by atoms with Gasteiger partial charge < -0.3 is 24.8 Å². The summed E-state index contributed by atoms with van der Waals surface area (Å²) >= 11 is 0. The number of carbonyl (C=O) groups excluding carboxylic acids is 2. The molecule has 3 atom stereocenters. The predicted octanol–water partition coefficient (Wildman–Crippen LogP) is 1.21. The summed E-state index contributed by atoms with van der Waals surface area (Å²) in [5, 5.41) is 4.02. The number of hydrogen-bond acceptors (Lipinski definition) is 7. The zero-order valence-corrected chi connectivity index (χ0v) is 16.9. The van der Waals surface area contributed by atoms with E-state index < -0.39 is 31.0 Å². The van der Waals surface area contributed by atoms with Crippen LogP contribution >= 0.6 is 0 Å².